The predicted molar refractivity (Wildman–Crippen MR) is 122 cm³/mol. The van der Waals surface area contributed by atoms with E-state index in [0.717, 1.165) is 18.5 Å². The zero-order chi connectivity index (χ0) is 22.5. The third kappa shape index (κ3) is 4.66. The Morgan fingerprint density at radius 1 is 1.23 bits per heavy atom. The summed E-state index contributed by atoms with van der Waals surface area (Å²) >= 11 is 0. The molecule has 0 saturated heterocycles. The summed E-state index contributed by atoms with van der Waals surface area (Å²) in [5, 5.41) is 3.25. The van der Waals surface area contributed by atoms with Crippen LogP contribution in [0.5, 0.6) is 5.75 Å². The maximum absolute atomic E-state index is 13.6. The molecule has 7 heteroatoms. The molecule has 1 N–H and O–H groups in total. The van der Waals surface area contributed by atoms with Crippen molar-refractivity contribution in [2.24, 2.45) is 0 Å². The molecule has 1 aliphatic heterocycles. The fraction of sp³-hybridized carbons (Fsp3) is 0.417. The lowest BCUT2D eigenvalue weighted by Crippen LogP contribution is -2.33. The second-order valence-electron chi connectivity index (χ2n) is 7.86. The van der Waals surface area contributed by atoms with Crippen LogP contribution in [0.3, 0.4) is 0 Å². The molecule has 1 aromatic carbocycles. The highest BCUT2D eigenvalue weighted by molar-refractivity contribution is 5.94. The number of carbonyl (C=O) groups is 1. The predicted octanol–water partition coefficient (Wildman–Crippen LogP) is 3.20. The van der Waals surface area contributed by atoms with Gasteiger partial charge in [-0.1, -0.05) is 18.2 Å². The van der Waals surface area contributed by atoms with Gasteiger partial charge in [-0.2, -0.15) is 0 Å². The molecule has 0 bridgehead atoms. The van der Waals surface area contributed by atoms with Crippen LogP contribution in [0.1, 0.15) is 37.3 Å². The number of nitrogens with zero attached hydrogens (tertiary/aromatic N) is 2. The van der Waals surface area contributed by atoms with Crippen molar-refractivity contribution in [1.82, 2.24) is 9.47 Å². The van der Waals surface area contributed by atoms with Crippen LogP contribution < -0.4 is 15.6 Å². The van der Waals surface area contributed by atoms with Crippen LogP contribution in [-0.4, -0.2) is 49.8 Å². The SMILES string of the molecule is CCOC(=O)C1=C(C)Nc2ccn(CCCN(C)C)c(=O)c2C1c1ccccc1OC. The van der Waals surface area contributed by atoms with Crippen LogP contribution in [0.4, 0.5) is 5.69 Å². The molecule has 0 saturated carbocycles. The third-order valence-corrected chi connectivity index (χ3v) is 5.46. The average Bonchev–Trinajstić information content (AvgIpc) is 2.74. The fourth-order valence-electron chi connectivity index (χ4n) is 4.04. The topological polar surface area (TPSA) is 72.8 Å². The summed E-state index contributed by atoms with van der Waals surface area (Å²) < 4.78 is 12.7. The van der Waals surface area contributed by atoms with Gasteiger partial charge in [0.05, 0.1) is 30.8 Å². The third-order valence-electron chi connectivity index (χ3n) is 5.46. The molecule has 0 amide bonds. The van der Waals surface area contributed by atoms with Crippen molar-refractivity contribution >= 4 is 11.7 Å². The lowest BCUT2D eigenvalue weighted by Gasteiger charge is -2.30. The monoisotopic (exact) mass is 425 g/mol. The first-order valence-electron chi connectivity index (χ1n) is 10.5. The molecule has 2 heterocycles. The first-order chi connectivity index (χ1) is 14.9. The van der Waals surface area contributed by atoms with Crippen molar-refractivity contribution < 1.29 is 14.3 Å². The number of methoxy groups -OCH3 is 1. The Hall–Kier alpha value is -3.06. The molecule has 3 rings (SSSR count). The van der Waals surface area contributed by atoms with Gasteiger partial charge < -0.3 is 24.3 Å². The fourth-order valence-corrected chi connectivity index (χ4v) is 4.04. The number of benzene rings is 1. The van der Waals surface area contributed by atoms with Gasteiger partial charge in [0.15, 0.2) is 0 Å². The maximum Gasteiger partial charge on any atom is 0.336 e. The summed E-state index contributed by atoms with van der Waals surface area (Å²) in [6.45, 7) is 5.34. The lowest BCUT2D eigenvalue weighted by atomic mass is 9.81. The number of fused-ring (bicyclic) bond motifs is 1. The van der Waals surface area contributed by atoms with Crippen LogP contribution in [-0.2, 0) is 16.1 Å². The van der Waals surface area contributed by atoms with Crippen LogP contribution >= 0.6 is 0 Å². The number of ether oxygens (including phenoxy) is 2. The minimum atomic E-state index is -0.583. The normalized spacial score (nSPS) is 15.5. The first-order valence-corrected chi connectivity index (χ1v) is 10.5. The quantitative estimate of drug-likeness (QED) is 0.655. The van der Waals surface area contributed by atoms with E-state index >= 15 is 0 Å². The smallest absolute Gasteiger partial charge is 0.336 e. The summed E-state index contributed by atoms with van der Waals surface area (Å²) in [7, 11) is 5.61. The van der Waals surface area contributed by atoms with Gasteiger partial charge in [-0.25, -0.2) is 4.79 Å². The Kier molecular flexibility index (Phi) is 7.17. The van der Waals surface area contributed by atoms with E-state index in [2.05, 4.69) is 10.2 Å². The highest BCUT2D eigenvalue weighted by Crippen LogP contribution is 2.43. The summed E-state index contributed by atoms with van der Waals surface area (Å²) in [5.41, 5.74) is 2.99. The summed E-state index contributed by atoms with van der Waals surface area (Å²) in [6, 6.07) is 9.40. The van der Waals surface area contributed by atoms with E-state index in [0.29, 0.717) is 34.8 Å². The Labute approximate surface area is 183 Å². The number of rotatable bonds is 8. The van der Waals surface area contributed by atoms with Crippen LogP contribution in [0.2, 0.25) is 0 Å². The highest BCUT2D eigenvalue weighted by Gasteiger charge is 2.37. The van der Waals surface area contributed by atoms with Gasteiger partial charge in [0, 0.05) is 29.7 Å². The molecular weight excluding hydrogens is 394 g/mol. The second-order valence-corrected chi connectivity index (χ2v) is 7.86. The molecule has 0 spiro atoms. The molecule has 1 aromatic heterocycles. The number of pyridine rings is 1. The molecule has 1 aliphatic rings. The van der Waals surface area contributed by atoms with Crippen molar-refractivity contribution in [3.8, 4) is 5.75 Å². The first kappa shape index (κ1) is 22.6. The zero-order valence-electron chi connectivity index (χ0n) is 18.9. The Morgan fingerprint density at radius 2 is 1.97 bits per heavy atom. The molecule has 31 heavy (non-hydrogen) atoms. The second kappa shape index (κ2) is 9.83. The Bertz CT molecular complexity index is 1040. The molecule has 0 radical (unpaired) electrons. The number of hydrogen-bond donors (Lipinski definition) is 1. The number of allylic oxidation sites excluding steroid dienone is 1. The van der Waals surface area contributed by atoms with E-state index in [-0.39, 0.29) is 12.2 Å². The summed E-state index contributed by atoms with van der Waals surface area (Å²) in [6.07, 6.45) is 2.66. The molecule has 166 valence electrons. The van der Waals surface area contributed by atoms with Crippen LogP contribution in [0, 0.1) is 0 Å². The van der Waals surface area contributed by atoms with Gasteiger partial charge in [-0.3, -0.25) is 4.79 Å². The number of anilines is 1. The number of para-hydroxylation sites is 1. The lowest BCUT2D eigenvalue weighted by molar-refractivity contribution is -0.138. The number of aryl methyl sites for hydroxylation is 1. The molecule has 1 atom stereocenters. The van der Waals surface area contributed by atoms with Gasteiger partial charge in [0.1, 0.15) is 5.75 Å². The molecule has 1 unspecified atom stereocenters. The summed E-state index contributed by atoms with van der Waals surface area (Å²) in [5.74, 6) is -0.394. The van der Waals surface area contributed by atoms with Gasteiger partial charge in [0.25, 0.3) is 5.56 Å². The van der Waals surface area contributed by atoms with Gasteiger partial charge in [-0.05, 0) is 53.0 Å². The number of carbonyl (C=O) groups excluding carboxylic acids is 1. The zero-order valence-corrected chi connectivity index (χ0v) is 18.9. The number of esters is 1. The van der Waals surface area contributed by atoms with Crippen molar-refractivity contribution in [2.45, 2.75) is 32.7 Å². The standard InChI is InChI=1S/C24H31N3O4/c1-6-31-24(29)20-16(2)25-18-12-15-27(14-9-13-26(3)4)23(28)22(18)21(20)17-10-7-8-11-19(17)30-5/h7-8,10-12,15,21,25H,6,9,13-14H2,1-5H3. The van der Waals surface area contributed by atoms with E-state index in [1.54, 1.807) is 18.6 Å². The number of hydrogen-bond acceptors (Lipinski definition) is 6. The maximum atomic E-state index is 13.6. The van der Waals surface area contributed by atoms with E-state index < -0.39 is 11.9 Å². The van der Waals surface area contributed by atoms with E-state index in [1.807, 2.05) is 57.5 Å². The summed E-state index contributed by atoms with van der Waals surface area (Å²) in [4.78, 5) is 28.7. The van der Waals surface area contributed by atoms with E-state index in [9.17, 15) is 9.59 Å². The van der Waals surface area contributed by atoms with Crippen molar-refractivity contribution in [3.05, 3.63) is 69.3 Å². The van der Waals surface area contributed by atoms with Crippen molar-refractivity contribution in [1.29, 1.82) is 0 Å². The Balaban J connectivity index is 2.18. The average molecular weight is 426 g/mol. The van der Waals surface area contributed by atoms with Crippen LogP contribution in [0.25, 0.3) is 0 Å². The van der Waals surface area contributed by atoms with Crippen molar-refractivity contribution in [2.75, 3.05) is 39.7 Å². The molecular formula is C24H31N3O4. The minimum absolute atomic E-state index is 0.117. The van der Waals surface area contributed by atoms with Crippen LogP contribution in [0.15, 0.2) is 52.6 Å². The molecule has 2 aromatic rings. The van der Waals surface area contributed by atoms with Gasteiger partial charge in [0.2, 0.25) is 0 Å². The van der Waals surface area contributed by atoms with E-state index in [1.165, 1.54) is 0 Å². The van der Waals surface area contributed by atoms with E-state index in [4.69, 9.17) is 9.47 Å². The van der Waals surface area contributed by atoms with Crippen molar-refractivity contribution in [3.63, 3.8) is 0 Å². The number of aromatic nitrogens is 1. The van der Waals surface area contributed by atoms with Gasteiger partial charge in [-0.15, -0.1) is 0 Å². The number of nitrogens with one attached hydrogen (secondary N) is 1. The minimum Gasteiger partial charge on any atom is -0.496 e. The molecule has 0 aliphatic carbocycles. The highest BCUT2D eigenvalue weighted by atomic mass is 16.5. The largest absolute Gasteiger partial charge is 0.496 e. The van der Waals surface area contributed by atoms with Gasteiger partial charge >= 0.3 is 5.97 Å². The Morgan fingerprint density at radius 3 is 2.65 bits per heavy atom. The molecule has 0 fully saturated rings. The molecule has 7 nitrogen and oxygen atoms in total.